The summed E-state index contributed by atoms with van der Waals surface area (Å²) in [5, 5.41) is 3.72. The molecule has 0 aliphatic heterocycles. The molecule has 0 unspecified atom stereocenters. The number of fused-ring (bicyclic) bond motifs is 6. The summed E-state index contributed by atoms with van der Waals surface area (Å²) in [6, 6.07) is 20.7. The van der Waals surface area contributed by atoms with Gasteiger partial charge in [-0.3, -0.25) is 9.59 Å². The summed E-state index contributed by atoms with van der Waals surface area (Å²) < 4.78 is 80.7. The molecule has 0 N–H and O–H groups in total. The largest absolute Gasteiger partial charge is 0.416 e. The van der Waals surface area contributed by atoms with Gasteiger partial charge in [-0.2, -0.15) is 26.3 Å². The molecule has 0 bridgehead atoms. The van der Waals surface area contributed by atoms with E-state index >= 15 is 0 Å². The van der Waals surface area contributed by atoms with Crippen molar-refractivity contribution in [1.82, 2.24) is 0 Å². The van der Waals surface area contributed by atoms with Crippen LogP contribution < -0.4 is 10.9 Å². The van der Waals surface area contributed by atoms with E-state index in [-0.39, 0.29) is 33.4 Å². The molecule has 0 spiro atoms. The molecule has 0 fully saturated rings. The quantitative estimate of drug-likeness (QED) is 0.186. The van der Waals surface area contributed by atoms with Crippen molar-refractivity contribution in [2.24, 2.45) is 0 Å². The Labute approximate surface area is 245 Å². The average molecular weight is 599 g/mol. The average Bonchev–Trinajstić information content (AvgIpc) is 3.40. The lowest BCUT2D eigenvalue weighted by molar-refractivity contribution is -0.143. The second-order valence-electron chi connectivity index (χ2n) is 11.3. The maximum atomic E-state index is 13.6. The monoisotopic (exact) mass is 598 g/mol. The van der Waals surface area contributed by atoms with Crippen molar-refractivity contribution < 1.29 is 26.3 Å². The van der Waals surface area contributed by atoms with Crippen LogP contribution in [0.1, 0.15) is 22.3 Å². The summed E-state index contributed by atoms with van der Waals surface area (Å²) in [6.45, 7) is 4.01. The molecule has 0 amide bonds. The molecular weight excluding hydrogens is 578 g/mol. The lowest BCUT2D eigenvalue weighted by Crippen LogP contribution is -2.11. The molecule has 0 saturated carbocycles. The van der Waals surface area contributed by atoms with E-state index in [1.807, 2.05) is 44.2 Å². The van der Waals surface area contributed by atoms with Crippen molar-refractivity contribution in [3.05, 3.63) is 128 Å². The van der Waals surface area contributed by atoms with Crippen molar-refractivity contribution in [2.45, 2.75) is 26.2 Å². The van der Waals surface area contributed by atoms with Gasteiger partial charge in [-0.15, -0.1) is 0 Å². The Bertz CT molecular complexity index is 2370. The Morgan fingerprint density at radius 2 is 0.773 bits per heavy atom. The van der Waals surface area contributed by atoms with Gasteiger partial charge < -0.3 is 0 Å². The lowest BCUT2D eigenvalue weighted by atomic mass is 9.97. The van der Waals surface area contributed by atoms with Gasteiger partial charge in [0.1, 0.15) is 0 Å². The third kappa shape index (κ3) is 4.35. The minimum absolute atomic E-state index is 0.0365. The van der Waals surface area contributed by atoms with E-state index in [1.54, 1.807) is 6.07 Å². The molecule has 0 saturated heterocycles. The molecule has 218 valence electrons. The summed E-state index contributed by atoms with van der Waals surface area (Å²) in [7, 11) is 0. The van der Waals surface area contributed by atoms with Crippen molar-refractivity contribution in [3.63, 3.8) is 0 Å². The fourth-order valence-electron chi connectivity index (χ4n) is 6.27. The summed E-state index contributed by atoms with van der Waals surface area (Å²) in [5.41, 5.74) is 0.236. The zero-order valence-corrected chi connectivity index (χ0v) is 23.2. The zero-order chi connectivity index (χ0) is 31.3. The van der Waals surface area contributed by atoms with Gasteiger partial charge in [0.15, 0.2) is 10.9 Å². The second-order valence-corrected chi connectivity index (χ2v) is 11.3. The van der Waals surface area contributed by atoms with Gasteiger partial charge >= 0.3 is 12.4 Å². The van der Waals surface area contributed by atoms with E-state index in [0.29, 0.717) is 39.1 Å². The highest BCUT2D eigenvalue weighted by Crippen LogP contribution is 2.40. The van der Waals surface area contributed by atoms with Gasteiger partial charge in [0.05, 0.1) is 11.1 Å². The van der Waals surface area contributed by atoms with Gasteiger partial charge in [-0.05, 0) is 100 Å². The standard InChI is InChI=1S/C36H20F6O2/c1-17-7-18(2)9-21(8-17)19-3-5-25-27-15-28-26-6-4-20(22-10-23(35(37,38)39)14-24(11-22)36(40,41)42)13-30(26)34(44)32(28)16-31(27)33(43)29(25)12-19/h3-16H,1-2H3. The highest BCUT2D eigenvalue weighted by atomic mass is 19.4. The highest BCUT2D eigenvalue weighted by molar-refractivity contribution is 6.22. The Hall–Kier alpha value is -4.98. The first-order chi connectivity index (χ1) is 20.7. The minimum Gasteiger partial charge on any atom is -0.289 e. The maximum Gasteiger partial charge on any atom is 0.416 e. The third-order valence-electron chi connectivity index (χ3n) is 8.23. The van der Waals surface area contributed by atoms with E-state index < -0.39 is 28.9 Å². The number of alkyl halides is 6. The first kappa shape index (κ1) is 27.8. The van der Waals surface area contributed by atoms with Crippen molar-refractivity contribution in [3.8, 4) is 22.3 Å². The zero-order valence-electron chi connectivity index (χ0n) is 23.2. The van der Waals surface area contributed by atoms with E-state index in [0.717, 1.165) is 27.6 Å². The smallest absolute Gasteiger partial charge is 0.289 e. The SMILES string of the molecule is Cc1cc(C)cc(-c2ccc3c(c2)c(=O)c2cc4c(=O)c5cc(-c6cc(C(F)(F)F)cc(C(F)(F)F)c6)ccc5c4cc23)c1. The van der Waals surface area contributed by atoms with Crippen LogP contribution in [0.3, 0.4) is 0 Å². The molecule has 7 aromatic rings. The summed E-state index contributed by atoms with van der Waals surface area (Å²) in [4.78, 5) is 27.1. The summed E-state index contributed by atoms with van der Waals surface area (Å²) in [5.74, 6) is 0. The number of hydrogen-bond donors (Lipinski definition) is 0. The molecule has 0 radical (unpaired) electrons. The number of rotatable bonds is 2. The van der Waals surface area contributed by atoms with Gasteiger partial charge in [-0.25, -0.2) is 0 Å². The number of halogens is 6. The highest BCUT2D eigenvalue weighted by Gasteiger charge is 2.37. The van der Waals surface area contributed by atoms with Gasteiger partial charge in [0.2, 0.25) is 0 Å². The predicted octanol–water partition coefficient (Wildman–Crippen LogP) is 9.88. The van der Waals surface area contributed by atoms with Gasteiger partial charge in [0.25, 0.3) is 0 Å². The van der Waals surface area contributed by atoms with Crippen LogP contribution in [0.15, 0.2) is 94.5 Å². The van der Waals surface area contributed by atoms with Crippen LogP contribution in [-0.2, 0) is 12.4 Å². The Balaban J connectivity index is 1.41. The van der Waals surface area contributed by atoms with Gasteiger partial charge in [0, 0.05) is 21.5 Å². The third-order valence-corrected chi connectivity index (χ3v) is 8.23. The Morgan fingerprint density at radius 3 is 1.20 bits per heavy atom. The van der Waals surface area contributed by atoms with E-state index in [4.69, 9.17) is 0 Å². The number of benzene rings is 5. The first-order valence-corrected chi connectivity index (χ1v) is 13.6. The maximum absolute atomic E-state index is 13.6. The number of aryl methyl sites for hydroxylation is 2. The molecule has 0 aromatic heterocycles. The normalized spacial score (nSPS) is 12.7. The molecule has 0 atom stereocenters. The Kier molecular flexibility index (Phi) is 5.86. The summed E-state index contributed by atoms with van der Waals surface area (Å²) in [6.07, 6.45) is -10.00. The van der Waals surface area contributed by atoms with E-state index in [2.05, 4.69) is 6.07 Å². The molecular formula is C36H20F6O2. The van der Waals surface area contributed by atoms with Crippen LogP contribution in [0.5, 0.6) is 0 Å². The van der Waals surface area contributed by atoms with Crippen LogP contribution in [0.4, 0.5) is 26.3 Å². The minimum atomic E-state index is -5.00. The van der Waals surface area contributed by atoms with Crippen LogP contribution in [-0.4, -0.2) is 0 Å². The summed E-state index contributed by atoms with van der Waals surface area (Å²) >= 11 is 0. The molecule has 8 heteroatoms. The molecule has 7 rings (SSSR count). The van der Waals surface area contributed by atoms with E-state index in [1.165, 1.54) is 24.3 Å². The topological polar surface area (TPSA) is 34.1 Å². The number of hydrogen-bond acceptors (Lipinski definition) is 2. The van der Waals surface area contributed by atoms with E-state index in [9.17, 15) is 35.9 Å². The van der Waals surface area contributed by atoms with Crippen LogP contribution in [0.2, 0.25) is 0 Å². The molecule has 44 heavy (non-hydrogen) atoms. The fraction of sp³-hybridized carbons (Fsp3) is 0.111. The van der Waals surface area contributed by atoms with Crippen LogP contribution in [0, 0.1) is 13.8 Å². The van der Waals surface area contributed by atoms with Crippen molar-refractivity contribution >= 4 is 43.1 Å². The predicted molar refractivity (Wildman–Crippen MR) is 162 cm³/mol. The Morgan fingerprint density at radius 1 is 0.386 bits per heavy atom. The first-order valence-electron chi connectivity index (χ1n) is 13.6. The van der Waals surface area contributed by atoms with Gasteiger partial charge in [-0.1, -0.05) is 53.6 Å². The lowest BCUT2D eigenvalue weighted by Gasteiger charge is -2.14. The van der Waals surface area contributed by atoms with Crippen LogP contribution >= 0.6 is 0 Å². The fourth-order valence-corrected chi connectivity index (χ4v) is 6.27. The van der Waals surface area contributed by atoms with Crippen molar-refractivity contribution in [1.29, 1.82) is 0 Å². The second kappa shape index (κ2) is 9.26. The van der Waals surface area contributed by atoms with Crippen LogP contribution in [0.25, 0.3) is 65.3 Å². The molecule has 7 aromatic carbocycles. The van der Waals surface area contributed by atoms with Crippen molar-refractivity contribution in [2.75, 3.05) is 0 Å². The molecule has 0 heterocycles. The molecule has 2 nitrogen and oxygen atoms in total. The molecule has 0 aliphatic carbocycles. The molecule has 0 aliphatic rings.